The Morgan fingerprint density at radius 2 is 1.90 bits per heavy atom. The fourth-order valence-electron chi connectivity index (χ4n) is 3.49. The standard InChI is InChI=1S/C22H29N5O3/c1-25(2)20-11-18(17-10-21(28)26(3)12-17)23-19(24-20)13-27(4)22(29)16-8-6-15(7-9-16)14-30-5/h6-9,11,17H,10,12-14H2,1-5H3. The maximum atomic E-state index is 12.8. The van der Waals surface area contributed by atoms with Crippen LogP contribution < -0.4 is 4.90 Å². The molecule has 3 rings (SSSR count). The Bertz CT molecular complexity index is 913. The lowest BCUT2D eigenvalue weighted by molar-refractivity contribution is -0.126. The first kappa shape index (κ1) is 21.7. The third-order valence-corrected chi connectivity index (χ3v) is 5.23. The van der Waals surface area contributed by atoms with E-state index in [1.165, 1.54) is 0 Å². The maximum absolute atomic E-state index is 12.8. The molecule has 30 heavy (non-hydrogen) atoms. The third-order valence-electron chi connectivity index (χ3n) is 5.23. The normalized spacial score (nSPS) is 16.1. The predicted molar refractivity (Wildman–Crippen MR) is 114 cm³/mol. The highest BCUT2D eigenvalue weighted by Gasteiger charge is 2.30. The maximum Gasteiger partial charge on any atom is 0.254 e. The molecule has 0 N–H and O–H groups in total. The Kier molecular flexibility index (Phi) is 6.66. The zero-order valence-corrected chi connectivity index (χ0v) is 18.3. The molecule has 0 bridgehead atoms. The summed E-state index contributed by atoms with van der Waals surface area (Å²) in [5.41, 5.74) is 2.45. The molecular formula is C22H29N5O3. The topological polar surface area (TPSA) is 78.9 Å². The zero-order valence-electron chi connectivity index (χ0n) is 18.3. The van der Waals surface area contributed by atoms with Crippen molar-refractivity contribution in [1.29, 1.82) is 0 Å². The number of likely N-dealkylation sites (tertiary alicyclic amines) is 1. The number of aromatic nitrogens is 2. The predicted octanol–water partition coefficient (Wildman–Crippen LogP) is 1.91. The van der Waals surface area contributed by atoms with Crippen molar-refractivity contribution >= 4 is 17.6 Å². The molecule has 1 aliphatic heterocycles. The number of anilines is 1. The summed E-state index contributed by atoms with van der Waals surface area (Å²) in [5.74, 6) is 1.38. The minimum absolute atomic E-state index is 0.0392. The van der Waals surface area contributed by atoms with Gasteiger partial charge in [0.2, 0.25) is 5.91 Å². The second-order valence-electron chi connectivity index (χ2n) is 7.93. The first-order chi connectivity index (χ1) is 14.3. The summed E-state index contributed by atoms with van der Waals surface area (Å²) in [4.78, 5) is 39.3. The van der Waals surface area contributed by atoms with Gasteiger partial charge in [0.05, 0.1) is 18.8 Å². The second kappa shape index (κ2) is 9.21. The van der Waals surface area contributed by atoms with Gasteiger partial charge >= 0.3 is 0 Å². The largest absolute Gasteiger partial charge is 0.380 e. The highest BCUT2D eigenvalue weighted by atomic mass is 16.5. The molecule has 0 radical (unpaired) electrons. The number of amides is 2. The van der Waals surface area contributed by atoms with E-state index in [1.807, 2.05) is 44.2 Å². The molecule has 160 valence electrons. The van der Waals surface area contributed by atoms with Crippen molar-refractivity contribution in [3.05, 3.63) is 53.0 Å². The molecule has 1 aliphatic rings. The average molecular weight is 412 g/mol. The van der Waals surface area contributed by atoms with Crippen LogP contribution in [0.1, 0.15) is 39.8 Å². The van der Waals surface area contributed by atoms with Crippen molar-refractivity contribution in [1.82, 2.24) is 19.8 Å². The number of likely N-dealkylation sites (N-methyl/N-ethyl adjacent to an activating group) is 1. The van der Waals surface area contributed by atoms with Crippen LogP contribution in [0.25, 0.3) is 0 Å². The molecule has 0 aliphatic carbocycles. The van der Waals surface area contributed by atoms with Crippen LogP contribution in [-0.4, -0.2) is 73.4 Å². The first-order valence-corrected chi connectivity index (χ1v) is 9.91. The van der Waals surface area contributed by atoms with Gasteiger partial charge in [0.25, 0.3) is 5.91 Å². The van der Waals surface area contributed by atoms with E-state index in [0.29, 0.717) is 31.0 Å². The molecule has 1 unspecified atom stereocenters. The molecule has 2 heterocycles. The Balaban J connectivity index is 1.79. The van der Waals surface area contributed by atoms with Gasteiger partial charge in [-0.2, -0.15) is 0 Å². The van der Waals surface area contributed by atoms with Crippen LogP contribution in [0.3, 0.4) is 0 Å². The van der Waals surface area contributed by atoms with Crippen LogP contribution in [0.5, 0.6) is 0 Å². The Hall–Kier alpha value is -3.00. The molecule has 2 aromatic rings. The SMILES string of the molecule is COCc1ccc(C(=O)N(C)Cc2nc(C3CC(=O)N(C)C3)cc(N(C)C)n2)cc1. The van der Waals surface area contributed by atoms with Crippen molar-refractivity contribution in [3.8, 4) is 0 Å². The molecule has 1 fully saturated rings. The number of benzene rings is 1. The zero-order chi connectivity index (χ0) is 21.8. The van der Waals surface area contributed by atoms with Crippen molar-refractivity contribution in [2.75, 3.05) is 46.7 Å². The van der Waals surface area contributed by atoms with Crippen molar-refractivity contribution < 1.29 is 14.3 Å². The van der Waals surface area contributed by atoms with Crippen molar-refractivity contribution in [3.63, 3.8) is 0 Å². The minimum atomic E-state index is -0.102. The third kappa shape index (κ3) is 4.94. The molecule has 8 heteroatoms. The monoisotopic (exact) mass is 411 g/mol. The van der Waals surface area contributed by atoms with Gasteiger partial charge in [-0.1, -0.05) is 12.1 Å². The van der Waals surface area contributed by atoms with Crippen LogP contribution in [0, 0.1) is 0 Å². The van der Waals surface area contributed by atoms with Gasteiger partial charge < -0.3 is 19.4 Å². The second-order valence-corrected chi connectivity index (χ2v) is 7.93. The van der Waals surface area contributed by atoms with E-state index in [-0.39, 0.29) is 24.3 Å². The lowest BCUT2D eigenvalue weighted by atomic mass is 10.0. The van der Waals surface area contributed by atoms with Crippen molar-refractivity contribution in [2.24, 2.45) is 0 Å². The quantitative estimate of drug-likeness (QED) is 0.693. The highest BCUT2D eigenvalue weighted by Crippen LogP contribution is 2.28. The first-order valence-electron chi connectivity index (χ1n) is 9.91. The molecule has 8 nitrogen and oxygen atoms in total. The lowest BCUT2D eigenvalue weighted by Crippen LogP contribution is -2.28. The van der Waals surface area contributed by atoms with Gasteiger partial charge in [0.1, 0.15) is 11.6 Å². The summed E-state index contributed by atoms with van der Waals surface area (Å²) in [6.45, 7) is 1.44. The van der Waals surface area contributed by atoms with E-state index in [4.69, 9.17) is 9.72 Å². The number of hydrogen-bond donors (Lipinski definition) is 0. The van der Waals surface area contributed by atoms with E-state index in [0.717, 1.165) is 17.1 Å². The molecule has 2 amide bonds. The van der Waals surface area contributed by atoms with Crippen LogP contribution in [0.2, 0.25) is 0 Å². The number of ether oxygens (including phenoxy) is 1. The summed E-state index contributed by atoms with van der Waals surface area (Å²) in [7, 11) is 9.02. The molecule has 0 spiro atoms. The lowest BCUT2D eigenvalue weighted by Gasteiger charge is -2.20. The van der Waals surface area contributed by atoms with Crippen LogP contribution in [0.4, 0.5) is 5.82 Å². The Morgan fingerprint density at radius 1 is 1.20 bits per heavy atom. The number of nitrogens with zero attached hydrogens (tertiary/aromatic N) is 5. The molecule has 1 aromatic heterocycles. The Morgan fingerprint density at radius 3 is 2.47 bits per heavy atom. The van der Waals surface area contributed by atoms with Gasteiger partial charge in [-0.3, -0.25) is 9.59 Å². The number of carbonyl (C=O) groups is 2. The van der Waals surface area contributed by atoms with E-state index in [9.17, 15) is 9.59 Å². The molecule has 1 atom stereocenters. The highest BCUT2D eigenvalue weighted by molar-refractivity contribution is 5.94. The smallest absolute Gasteiger partial charge is 0.254 e. The fourth-order valence-corrected chi connectivity index (χ4v) is 3.49. The van der Waals surface area contributed by atoms with E-state index < -0.39 is 0 Å². The fraction of sp³-hybridized carbons (Fsp3) is 0.455. The van der Waals surface area contributed by atoms with Gasteiger partial charge in [-0.05, 0) is 17.7 Å². The minimum Gasteiger partial charge on any atom is -0.380 e. The van der Waals surface area contributed by atoms with E-state index in [1.54, 1.807) is 36.1 Å². The summed E-state index contributed by atoms with van der Waals surface area (Å²) in [6, 6.07) is 9.31. The van der Waals surface area contributed by atoms with Crippen LogP contribution in [0.15, 0.2) is 30.3 Å². The van der Waals surface area contributed by atoms with Gasteiger partial charge in [0, 0.05) is 65.8 Å². The molecule has 1 saturated heterocycles. The average Bonchev–Trinajstić information content (AvgIpc) is 3.06. The van der Waals surface area contributed by atoms with E-state index in [2.05, 4.69) is 4.98 Å². The van der Waals surface area contributed by atoms with Gasteiger partial charge in [-0.15, -0.1) is 0 Å². The van der Waals surface area contributed by atoms with Crippen molar-refractivity contribution in [2.45, 2.75) is 25.5 Å². The molecular weight excluding hydrogens is 382 g/mol. The van der Waals surface area contributed by atoms with E-state index >= 15 is 0 Å². The number of rotatable bonds is 7. The summed E-state index contributed by atoms with van der Waals surface area (Å²) < 4.78 is 5.11. The van der Waals surface area contributed by atoms with Crippen LogP contribution >= 0.6 is 0 Å². The Labute approximate surface area is 177 Å². The summed E-state index contributed by atoms with van der Waals surface area (Å²) in [6.07, 6.45) is 0.447. The number of methoxy groups -OCH3 is 1. The van der Waals surface area contributed by atoms with Gasteiger partial charge in [-0.25, -0.2) is 9.97 Å². The summed E-state index contributed by atoms with van der Waals surface area (Å²) in [5, 5.41) is 0. The van der Waals surface area contributed by atoms with Crippen LogP contribution in [-0.2, 0) is 22.7 Å². The molecule has 0 saturated carbocycles. The summed E-state index contributed by atoms with van der Waals surface area (Å²) >= 11 is 0. The number of carbonyl (C=O) groups excluding carboxylic acids is 2. The molecule has 1 aromatic carbocycles. The van der Waals surface area contributed by atoms with Gasteiger partial charge in [0.15, 0.2) is 0 Å². The number of hydrogen-bond acceptors (Lipinski definition) is 6.